The van der Waals surface area contributed by atoms with E-state index in [2.05, 4.69) is 66.8 Å². The minimum absolute atomic E-state index is 0.0999. The zero-order valence-electron chi connectivity index (χ0n) is 21.2. The average Bonchev–Trinajstić information content (AvgIpc) is 2.92. The van der Waals surface area contributed by atoms with E-state index in [1.54, 1.807) is 0 Å². The number of nitrogens with one attached hydrogen (secondary N) is 1. The summed E-state index contributed by atoms with van der Waals surface area (Å²) in [6, 6.07) is 30.8. The van der Waals surface area contributed by atoms with E-state index in [9.17, 15) is 9.59 Å². The monoisotopic (exact) mass is 495 g/mol. The van der Waals surface area contributed by atoms with Gasteiger partial charge in [0.15, 0.2) is 0 Å². The van der Waals surface area contributed by atoms with E-state index in [1.807, 2.05) is 36.4 Å². The van der Waals surface area contributed by atoms with Gasteiger partial charge in [-0.05, 0) is 64.6 Å². The Morgan fingerprint density at radius 2 is 1.57 bits per heavy atom. The van der Waals surface area contributed by atoms with Crippen molar-refractivity contribution in [2.75, 3.05) is 13.2 Å². The van der Waals surface area contributed by atoms with Crippen LogP contribution < -0.4 is 10.1 Å². The smallest absolute Gasteiger partial charge is 0.305 e. The Kier molecular flexibility index (Phi) is 8.93. The average molecular weight is 496 g/mol. The number of carboxylic acids is 1. The maximum atomic E-state index is 12.4. The van der Waals surface area contributed by atoms with Gasteiger partial charge in [-0.25, -0.2) is 0 Å². The molecule has 1 atom stereocenters. The van der Waals surface area contributed by atoms with E-state index in [1.165, 1.54) is 11.1 Å². The molecule has 1 amide bonds. The molecule has 0 aliphatic rings. The van der Waals surface area contributed by atoms with Gasteiger partial charge in [-0.2, -0.15) is 0 Å². The second-order valence-electron chi connectivity index (χ2n) is 9.23. The molecule has 0 radical (unpaired) electrons. The molecule has 0 saturated heterocycles. The van der Waals surface area contributed by atoms with Gasteiger partial charge in [0.05, 0.1) is 13.0 Å². The Hall–Kier alpha value is -4.12. The topological polar surface area (TPSA) is 75.6 Å². The number of hydrogen-bond donors (Lipinski definition) is 2. The van der Waals surface area contributed by atoms with Crippen molar-refractivity contribution >= 4 is 22.6 Å². The minimum atomic E-state index is -0.935. The lowest BCUT2D eigenvalue weighted by atomic mass is 9.85. The van der Waals surface area contributed by atoms with Crippen molar-refractivity contribution in [3.63, 3.8) is 0 Å². The summed E-state index contributed by atoms with van der Waals surface area (Å²) in [5.74, 6) is -0.201. The van der Waals surface area contributed by atoms with Gasteiger partial charge < -0.3 is 15.2 Å². The van der Waals surface area contributed by atoms with Crippen molar-refractivity contribution in [3.05, 3.63) is 113 Å². The third-order valence-electron chi connectivity index (χ3n) is 6.49. The van der Waals surface area contributed by atoms with Crippen LogP contribution in [0.2, 0.25) is 0 Å². The normalized spacial score (nSPS) is 11.7. The second kappa shape index (κ2) is 12.7. The Bertz CT molecular complexity index is 1330. The summed E-state index contributed by atoms with van der Waals surface area (Å²) in [6.45, 7) is 2.99. The third-order valence-corrected chi connectivity index (χ3v) is 6.49. The van der Waals surface area contributed by atoms with Gasteiger partial charge in [0.25, 0.3) is 5.91 Å². The highest BCUT2D eigenvalue weighted by molar-refractivity contribution is 5.94. The van der Waals surface area contributed by atoms with Crippen LogP contribution in [0.15, 0.2) is 91.0 Å². The molecule has 0 fully saturated rings. The lowest BCUT2D eigenvalue weighted by Gasteiger charge is -2.20. The number of hydrogen-bond acceptors (Lipinski definition) is 3. The van der Waals surface area contributed by atoms with E-state index in [0.717, 1.165) is 48.0 Å². The molecule has 0 aromatic heterocycles. The number of ether oxygens (including phenoxy) is 1. The van der Waals surface area contributed by atoms with E-state index >= 15 is 0 Å². The van der Waals surface area contributed by atoms with Crippen molar-refractivity contribution < 1.29 is 19.4 Å². The van der Waals surface area contributed by atoms with Crippen LogP contribution in [0.3, 0.4) is 0 Å². The summed E-state index contributed by atoms with van der Waals surface area (Å²) in [5, 5.41) is 13.8. The Labute approximate surface area is 218 Å². The fourth-order valence-electron chi connectivity index (χ4n) is 4.41. The molecule has 0 saturated carbocycles. The van der Waals surface area contributed by atoms with Crippen LogP contribution in [0.5, 0.6) is 5.75 Å². The first-order valence-electron chi connectivity index (χ1n) is 12.8. The van der Waals surface area contributed by atoms with Crippen LogP contribution in [-0.2, 0) is 11.2 Å². The standard InChI is InChI=1S/C32H33NO4/c1-2-3-19-37-29-16-15-26-21-28(14-13-27(26)22-29)30(20-23-7-5-4-6-8-23)24-9-11-25(12-10-24)32(36)33-18-17-31(34)35/h4-16,21-22,30H,2-3,17-20H2,1H3,(H,33,36)(H,34,35)/t30-/m0/s1. The van der Waals surface area contributed by atoms with Gasteiger partial charge in [-0.3, -0.25) is 9.59 Å². The van der Waals surface area contributed by atoms with Crippen LogP contribution in [-0.4, -0.2) is 30.1 Å². The first-order valence-corrected chi connectivity index (χ1v) is 12.8. The number of fused-ring (bicyclic) bond motifs is 1. The van der Waals surface area contributed by atoms with Crippen molar-refractivity contribution in [2.45, 2.75) is 38.5 Å². The predicted octanol–water partition coefficient (Wildman–Crippen LogP) is 6.60. The van der Waals surface area contributed by atoms with E-state index < -0.39 is 5.97 Å². The van der Waals surface area contributed by atoms with Gasteiger partial charge in [0.2, 0.25) is 0 Å². The molecule has 5 nitrogen and oxygen atoms in total. The molecule has 2 N–H and O–H groups in total. The number of aliphatic carboxylic acids is 1. The highest BCUT2D eigenvalue weighted by Crippen LogP contribution is 2.32. The van der Waals surface area contributed by atoms with Gasteiger partial charge in [-0.1, -0.05) is 80.1 Å². The fourth-order valence-corrected chi connectivity index (χ4v) is 4.41. The van der Waals surface area contributed by atoms with E-state index in [4.69, 9.17) is 9.84 Å². The summed E-state index contributed by atoms with van der Waals surface area (Å²) in [6.07, 6.45) is 2.88. The summed E-state index contributed by atoms with van der Waals surface area (Å²) >= 11 is 0. The van der Waals surface area contributed by atoms with E-state index in [0.29, 0.717) is 5.56 Å². The van der Waals surface area contributed by atoms with Crippen molar-refractivity contribution in [2.24, 2.45) is 0 Å². The van der Waals surface area contributed by atoms with Gasteiger partial charge in [0, 0.05) is 18.0 Å². The second-order valence-corrected chi connectivity index (χ2v) is 9.23. The first kappa shape index (κ1) is 26.0. The molecule has 190 valence electrons. The van der Waals surface area contributed by atoms with Gasteiger partial charge >= 0.3 is 5.97 Å². The summed E-state index contributed by atoms with van der Waals surface area (Å²) in [4.78, 5) is 23.1. The third kappa shape index (κ3) is 7.20. The summed E-state index contributed by atoms with van der Waals surface area (Å²) < 4.78 is 5.89. The zero-order chi connectivity index (χ0) is 26.0. The number of unbranched alkanes of at least 4 members (excludes halogenated alkanes) is 1. The molecule has 0 bridgehead atoms. The number of amides is 1. The van der Waals surface area contributed by atoms with Crippen LogP contribution >= 0.6 is 0 Å². The number of carboxylic acid groups (broad SMARTS) is 1. The Morgan fingerprint density at radius 1 is 0.865 bits per heavy atom. The largest absolute Gasteiger partial charge is 0.494 e. The molecule has 4 aromatic carbocycles. The Morgan fingerprint density at radius 3 is 2.30 bits per heavy atom. The minimum Gasteiger partial charge on any atom is -0.494 e. The van der Waals surface area contributed by atoms with Crippen molar-refractivity contribution in [3.8, 4) is 5.75 Å². The molecule has 0 heterocycles. The van der Waals surface area contributed by atoms with Crippen LogP contribution in [0.25, 0.3) is 10.8 Å². The molecule has 0 aliphatic heterocycles. The van der Waals surface area contributed by atoms with Crippen molar-refractivity contribution in [1.82, 2.24) is 5.32 Å². The fraction of sp³-hybridized carbons (Fsp3) is 0.250. The molecular weight excluding hydrogens is 462 g/mol. The van der Waals surface area contributed by atoms with Crippen LogP contribution in [0.4, 0.5) is 0 Å². The quantitative estimate of drug-likeness (QED) is 0.217. The lowest BCUT2D eigenvalue weighted by Crippen LogP contribution is -2.25. The molecule has 4 rings (SSSR count). The SMILES string of the molecule is CCCCOc1ccc2cc([C@@H](Cc3ccccc3)c3ccc(C(=O)NCCC(=O)O)cc3)ccc2c1. The lowest BCUT2D eigenvalue weighted by molar-refractivity contribution is -0.136. The Balaban J connectivity index is 1.59. The van der Waals surface area contributed by atoms with Crippen LogP contribution in [0.1, 0.15) is 59.2 Å². The molecule has 0 spiro atoms. The predicted molar refractivity (Wildman–Crippen MR) is 147 cm³/mol. The summed E-state index contributed by atoms with van der Waals surface area (Å²) in [7, 11) is 0. The molecule has 0 aliphatic carbocycles. The maximum absolute atomic E-state index is 12.4. The highest BCUT2D eigenvalue weighted by Gasteiger charge is 2.17. The molecule has 5 heteroatoms. The van der Waals surface area contributed by atoms with Gasteiger partial charge in [-0.15, -0.1) is 0 Å². The molecular formula is C32H33NO4. The number of carbonyl (C=O) groups is 2. The molecule has 0 unspecified atom stereocenters. The van der Waals surface area contributed by atoms with Crippen LogP contribution in [0, 0.1) is 0 Å². The summed E-state index contributed by atoms with van der Waals surface area (Å²) in [5.41, 5.74) is 4.07. The number of carbonyl (C=O) groups excluding carboxylic acids is 1. The number of benzene rings is 4. The maximum Gasteiger partial charge on any atom is 0.305 e. The van der Waals surface area contributed by atoms with E-state index in [-0.39, 0.29) is 24.8 Å². The van der Waals surface area contributed by atoms with Crippen molar-refractivity contribution in [1.29, 1.82) is 0 Å². The zero-order valence-corrected chi connectivity index (χ0v) is 21.2. The highest BCUT2D eigenvalue weighted by atomic mass is 16.5. The molecule has 37 heavy (non-hydrogen) atoms. The number of rotatable bonds is 12. The first-order chi connectivity index (χ1) is 18.0. The molecule has 4 aromatic rings. The van der Waals surface area contributed by atoms with Gasteiger partial charge in [0.1, 0.15) is 5.75 Å².